The summed E-state index contributed by atoms with van der Waals surface area (Å²) >= 11 is 0. The maximum atomic E-state index is 12.1. The summed E-state index contributed by atoms with van der Waals surface area (Å²) in [7, 11) is 0. The van der Waals surface area contributed by atoms with Crippen LogP contribution in [0, 0.1) is 18.8 Å². The molecule has 0 aliphatic rings. The monoisotopic (exact) mass is 366 g/mol. The summed E-state index contributed by atoms with van der Waals surface area (Å²) in [5.41, 5.74) is 0.907. The van der Waals surface area contributed by atoms with Gasteiger partial charge in [-0.15, -0.1) is 12.1 Å². The van der Waals surface area contributed by atoms with Gasteiger partial charge in [-0.1, -0.05) is 6.92 Å². The van der Waals surface area contributed by atoms with E-state index in [1.54, 1.807) is 6.07 Å². The van der Waals surface area contributed by atoms with Crippen LogP contribution in [-0.4, -0.2) is 0 Å². The largest absolute Gasteiger partial charge is 0.284 e. The molecule has 0 fully saturated rings. The quantitative estimate of drug-likeness (QED) is 0.616. The summed E-state index contributed by atoms with van der Waals surface area (Å²) in [5.74, 6) is -0.218. The van der Waals surface area contributed by atoms with Gasteiger partial charge in [0.2, 0.25) is 0 Å². The molecule has 1 aromatic rings. The Morgan fingerprint density at radius 1 is 1.44 bits per heavy atom. The maximum absolute atomic E-state index is 12.1. The molecule has 0 saturated carbocycles. The van der Waals surface area contributed by atoms with Crippen molar-refractivity contribution in [1.29, 1.82) is 0 Å². The van der Waals surface area contributed by atoms with E-state index in [0.29, 0.717) is 0 Å². The minimum atomic E-state index is -0.218. The average molecular weight is 366 g/mol. The van der Waals surface area contributed by atoms with Gasteiger partial charge in [0.25, 0.3) is 0 Å². The molecule has 0 radical (unpaired) electrons. The second kappa shape index (κ2) is 2.46. The van der Waals surface area contributed by atoms with Gasteiger partial charge in [0.1, 0.15) is 0 Å². The van der Waals surface area contributed by atoms with E-state index in [-0.39, 0.29) is 5.82 Å². The van der Waals surface area contributed by atoms with Gasteiger partial charge >= 0.3 is 0 Å². The van der Waals surface area contributed by atoms with Crippen molar-refractivity contribution in [2.45, 2.75) is 6.92 Å². The van der Waals surface area contributed by atoms with E-state index in [0.717, 1.165) is 5.56 Å². The van der Waals surface area contributed by atoms with Crippen LogP contribution in [0.5, 0.6) is 0 Å². The van der Waals surface area contributed by atoms with Gasteiger partial charge in [-0.25, -0.2) is 0 Å². The van der Waals surface area contributed by atoms with Crippen molar-refractivity contribution in [3.05, 3.63) is 35.6 Å². The number of aryl methyl sites for hydroxylation is 1. The molecule has 0 unspecified atom stereocenters. The van der Waals surface area contributed by atoms with Crippen LogP contribution in [0.25, 0.3) is 0 Å². The molecule has 0 aliphatic carbocycles. The molecule has 0 N–H and O–H groups in total. The van der Waals surface area contributed by atoms with Gasteiger partial charge in [0, 0.05) is 5.82 Å². The first-order valence-electron chi connectivity index (χ1n) is 2.42. The smallest absolute Gasteiger partial charge is 0.00896 e. The van der Waals surface area contributed by atoms with Gasteiger partial charge in [0.15, 0.2) is 0 Å². The minimum Gasteiger partial charge on any atom is -0.284 e. The normalized spacial score (nSPS) is 8.22. The van der Waals surface area contributed by atoms with Gasteiger partial charge in [-0.05, 0) is 0 Å². The zero-order valence-electron chi connectivity index (χ0n) is 4.90. The van der Waals surface area contributed by atoms with Crippen molar-refractivity contribution in [3.8, 4) is 0 Å². The first-order chi connectivity index (χ1) is 3.79. The Hall–Kier alpha value is -1.85. The third kappa shape index (κ3) is 1.59. The zero-order valence-corrected chi connectivity index (χ0v) is 7.30. The first kappa shape index (κ1) is 7.15. The van der Waals surface area contributed by atoms with Gasteiger partial charge < -0.3 is 0 Å². The fourth-order valence-corrected chi connectivity index (χ4v) is 0.554. The molecule has 2 heteroatoms. The second-order valence-corrected chi connectivity index (χ2v) is 1.73. The topological polar surface area (TPSA) is 0 Å². The molecule has 0 heterocycles. The molecule has 54 valence electrons. The molecule has 9 heavy (non-hydrogen) atoms. The molecule has 0 aromatic heterocycles. The number of rotatable bonds is 0. The fraction of sp³-hybridized carbons (Fsp3) is 0.143. The third-order valence-electron chi connectivity index (χ3n) is 0.898. The van der Waals surface area contributed by atoms with Gasteiger partial charge in [0.05, 0.1) is 0 Å². The van der Waals surface area contributed by atoms with Crippen LogP contribution < -0.4 is 0 Å². The predicted octanol–water partition coefficient (Wildman–Crippen LogP) is 1.93. The SMILES string of the molecule is Cc1c[c-]cc(F)c1.[Fm]. The average Bonchev–Trinajstić information content (AvgIpc) is 1.64. The minimum absolute atomic E-state index is 0. The van der Waals surface area contributed by atoms with Crippen LogP contribution in [-0.2, 0) is 0 Å². The molecule has 0 nitrogen and oxygen atoms in total. The van der Waals surface area contributed by atoms with Crippen molar-refractivity contribution >= 4 is 0 Å². The van der Waals surface area contributed by atoms with E-state index in [2.05, 4.69) is 6.07 Å². The standard InChI is InChI=1S/C7H6F.Fm/c1-6-3-2-4-7(8)5-6;/h3-5H,1H3;/q-1;. The van der Waals surface area contributed by atoms with Crippen molar-refractivity contribution in [3.63, 3.8) is 0 Å². The Bertz CT molecular complexity index is 169. The molecule has 0 atom stereocenters. The summed E-state index contributed by atoms with van der Waals surface area (Å²) in [4.78, 5) is 0. The molecule has 1 rings (SSSR count). The molecule has 0 bridgehead atoms. The molecule has 1 aromatic carbocycles. The first-order valence-corrected chi connectivity index (χ1v) is 2.42. The molecular formula is C7H6FFm-. The maximum Gasteiger partial charge on any atom is 0.00896 e. The van der Waals surface area contributed by atoms with Crippen LogP contribution in [0.1, 0.15) is 5.56 Å². The van der Waals surface area contributed by atoms with Crippen LogP contribution in [0.15, 0.2) is 18.2 Å². The van der Waals surface area contributed by atoms with Crippen molar-refractivity contribution in [2.75, 3.05) is 0 Å². The summed E-state index contributed by atoms with van der Waals surface area (Å²) in [5, 5.41) is 0. The molecule has 0 amide bonds. The Balaban J connectivity index is 0.000000640. The second-order valence-electron chi connectivity index (χ2n) is 1.73. The van der Waals surface area contributed by atoms with E-state index in [1.807, 2.05) is 6.92 Å². The Labute approximate surface area is 48.0 Å². The van der Waals surface area contributed by atoms with Crippen molar-refractivity contribution in [1.82, 2.24) is 0 Å². The Kier molecular flexibility index (Phi) is 1.95. The molecule has 0 spiro atoms. The summed E-state index contributed by atoms with van der Waals surface area (Å²) in [6, 6.07) is 7.17. The van der Waals surface area contributed by atoms with Crippen LogP contribution in [0.4, 0.5) is 4.39 Å². The summed E-state index contributed by atoms with van der Waals surface area (Å²) < 4.78 is 12.1. The zero-order chi connectivity index (χ0) is 5.98. The van der Waals surface area contributed by atoms with Crippen LogP contribution in [0.2, 0.25) is 0 Å². The fourth-order valence-electron chi connectivity index (χ4n) is 0.554. The predicted molar refractivity (Wildman–Crippen MR) is 30.0 cm³/mol. The summed E-state index contributed by atoms with van der Waals surface area (Å²) in [6.45, 7) is 1.83. The Morgan fingerprint density at radius 3 is 2.44 bits per heavy atom. The third-order valence-corrected chi connectivity index (χ3v) is 0.898. The Morgan fingerprint density at radius 2 is 2.11 bits per heavy atom. The molecule has 0 saturated heterocycles. The van der Waals surface area contributed by atoms with Gasteiger partial charge in [-0.2, -0.15) is 17.7 Å². The summed E-state index contributed by atoms with van der Waals surface area (Å²) in [6.07, 6.45) is 0. The number of halogens is 1. The van der Waals surface area contributed by atoms with Gasteiger partial charge in [-0.3, -0.25) is 4.39 Å². The number of benzene rings is 1. The van der Waals surface area contributed by atoms with Crippen LogP contribution >= 0.6 is 0 Å². The number of hydrogen-bond donors (Lipinski definition) is 0. The number of hydrogen-bond acceptors (Lipinski definition) is 0. The molecular weight excluding hydrogens is 360 g/mol. The van der Waals surface area contributed by atoms with E-state index in [1.165, 1.54) is 12.1 Å². The van der Waals surface area contributed by atoms with E-state index in [4.69, 9.17) is 0 Å². The van der Waals surface area contributed by atoms with Crippen molar-refractivity contribution < 1.29 is 4.39 Å². The van der Waals surface area contributed by atoms with Crippen LogP contribution in [0.3, 0.4) is 0 Å². The van der Waals surface area contributed by atoms with E-state index >= 15 is 0 Å². The van der Waals surface area contributed by atoms with Crippen molar-refractivity contribution in [2.24, 2.45) is 0 Å². The van der Waals surface area contributed by atoms with E-state index in [9.17, 15) is 4.39 Å². The van der Waals surface area contributed by atoms with E-state index < -0.39 is 0 Å². The molecule has 0 aliphatic heterocycles.